The summed E-state index contributed by atoms with van der Waals surface area (Å²) in [6.07, 6.45) is 4.62. The predicted octanol–water partition coefficient (Wildman–Crippen LogP) is 2.26. The lowest BCUT2D eigenvalue weighted by Gasteiger charge is -2.11. The lowest BCUT2D eigenvalue weighted by Crippen LogP contribution is -2.04. The van der Waals surface area contributed by atoms with E-state index in [1.807, 2.05) is 18.2 Å². The van der Waals surface area contributed by atoms with Crippen LogP contribution < -0.4 is 10.5 Å². The summed E-state index contributed by atoms with van der Waals surface area (Å²) >= 11 is 0. The summed E-state index contributed by atoms with van der Waals surface area (Å²) in [6, 6.07) is 5.65. The summed E-state index contributed by atoms with van der Waals surface area (Å²) in [5, 5.41) is 8.66. The van der Waals surface area contributed by atoms with Crippen molar-refractivity contribution < 1.29 is 4.74 Å². The normalized spacial score (nSPS) is 14.8. The molecule has 0 amide bonds. The molecule has 0 unspecified atom stereocenters. The van der Waals surface area contributed by atoms with Crippen molar-refractivity contribution in [2.75, 3.05) is 12.8 Å². The van der Waals surface area contributed by atoms with Gasteiger partial charge in [0, 0.05) is 24.7 Å². The number of nitrogens with zero attached hydrogens (tertiary/aromatic N) is 3. The van der Waals surface area contributed by atoms with Crippen LogP contribution in [-0.2, 0) is 13.0 Å². The summed E-state index contributed by atoms with van der Waals surface area (Å²) in [4.78, 5) is 0. The van der Waals surface area contributed by atoms with Gasteiger partial charge in [0.2, 0.25) is 0 Å². The molecule has 100 valence electrons. The van der Waals surface area contributed by atoms with Crippen molar-refractivity contribution in [3.63, 3.8) is 0 Å². The number of methoxy groups -OCH3 is 1. The lowest BCUT2D eigenvalue weighted by atomic mass is 10.1. The van der Waals surface area contributed by atoms with Crippen molar-refractivity contribution >= 4 is 5.69 Å². The first kappa shape index (κ1) is 12.0. The molecule has 1 aliphatic heterocycles. The zero-order valence-electron chi connectivity index (χ0n) is 11.1. The molecule has 0 aliphatic carbocycles. The Labute approximate surface area is 112 Å². The minimum atomic E-state index is 0.691. The molecule has 19 heavy (non-hydrogen) atoms. The summed E-state index contributed by atoms with van der Waals surface area (Å²) in [5.41, 5.74) is 7.44. The maximum absolute atomic E-state index is 5.80. The van der Waals surface area contributed by atoms with E-state index in [4.69, 9.17) is 10.5 Å². The zero-order valence-corrected chi connectivity index (χ0v) is 11.1. The highest BCUT2D eigenvalue weighted by Gasteiger charge is 2.18. The second-order valence-electron chi connectivity index (χ2n) is 4.86. The van der Waals surface area contributed by atoms with Gasteiger partial charge in [-0.15, -0.1) is 10.2 Å². The second-order valence-corrected chi connectivity index (χ2v) is 4.86. The van der Waals surface area contributed by atoms with Gasteiger partial charge in [-0.25, -0.2) is 0 Å². The van der Waals surface area contributed by atoms with Gasteiger partial charge in [-0.2, -0.15) is 0 Å². The molecule has 5 nitrogen and oxygen atoms in total. The molecule has 1 aromatic carbocycles. The Morgan fingerprint density at radius 3 is 2.95 bits per heavy atom. The monoisotopic (exact) mass is 258 g/mol. The number of nitrogen functional groups attached to an aromatic ring is 1. The number of rotatable bonds is 2. The van der Waals surface area contributed by atoms with E-state index >= 15 is 0 Å². The van der Waals surface area contributed by atoms with Gasteiger partial charge in [-0.05, 0) is 25.0 Å². The summed E-state index contributed by atoms with van der Waals surface area (Å²) in [6.45, 7) is 0.977. The molecule has 0 atom stereocenters. The number of fused-ring (bicyclic) bond motifs is 1. The Balaban J connectivity index is 2.10. The van der Waals surface area contributed by atoms with Crippen molar-refractivity contribution in [3.05, 3.63) is 24.0 Å². The van der Waals surface area contributed by atoms with Gasteiger partial charge in [-0.3, -0.25) is 0 Å². The molecule has 0 fully saturated rings. The third-order valence-electron chi connectivity index (χ3n) is 3.58. The fourth-order valence-corrected chi connectivity index (χ4v) is 2.58. The lowest BCUT2D eigenvalue weighted by molar-refractivity contribution is 0.416. The first-order chi connectivity index (χ1) is 9.29. The SMILES string of the molecule is COc1cc(N)ccc1-c1nnc2n1CCCCC2. The molecule has 0 saturated heterocycles. The molecule has 0 spiro atoms. The number of benzene rings is 1. The number of hydrogen-bond acceptors (Lipinski definition) is 4. The van der Waals surface area contributed by atoms with E-state index in [2.05, 4.69) is 14.8 Å². The number of aromatic nitrogens is 3. The third-order valence-corrected chi connectivity index (χ3v) is 3.58. The minimum Gasteiger partial charge on any atom is -0.496 e. The first-order valence-electron chi connectivity index (χ1n) is 6.65. The summed E-state index contributed by atoms with van der Waals surface area (Å²) < 4.78 is 7.62. The standard InChI is InChI=1S/C14H18N4O/c1-19-12-9-10(15)6-7-11(12)14-17-16-13-5-3-2-4-8-18(13)14/h6-7,9H,2-5,8,15H2,1H3. The van der Waals surface area contributed by atoms with Gasteiger partial charge in [0.15, 0.2) is 5.82 Å². The van der Waals surface area contributed by atoms with Crippen LogP contribution in [0.1, 0.15) is 25.1 Å². The first-order valence-corrected chi connectivity index (χ1v) is 6.65. The third kappa shape index (κ3) is 2.16. The molecular weight excluding hydrogens is 240 g/mol. The molecule has 2 aromatic rings. The molecule has 0 saturated carbocycles. The van der Waals surface area contributed by atoms with Crippen LogP contribution in [0.15, 0.2) is 18.2 Å². The van der Waals surface area contributed by atoms with E-state index in [-0.39, 0.29) is 0 Å². The molecule has 2 N–H and O–H groups in total. The fraction of sp³-hybridized carbons (Fsp3) is 0.429. The zero-order chi connectivity index (χ0) is 13.2. The molecule has 3 rings (SSSR count). The van der Waals surface area contributed by atoms with E-state index in [9.17, 15) is 0 Å². The number of aryl methyl sites for hydroxylation is 1. The number of hydrogen-bond donors (Lipinski definition) is 1. The smallest absolute Gasteiger partial charge is 0.167 e. The average molecular weight is 258 g/mol. The van der Waals surface area contributed by atoms with Crippen LogP contribution in [0.4, 0.5) is 5.69 Å². The largest absolute Gasteiger partial charge is 0.496 e. The van der Waals surface area contributed by atoms with E-state index in [1.165, 1.54) is 19.3 Å². The van der Waals surface area contributed by atoms with E-state index < -0.39 is 0 Å². The van der Waals surface area contributed by atoms with Crippen molar-refractivity contribution in [2.24, 2.45) is 0 Å². The van der Waals surface area contributed by atoms with Crippen LogP contribution >= 0.6 is 0 Å². The van der Waals surface area contributed by atoms with E-state index in [1.54, 1.807) is 7.11 Å². The highest BCUT2D eigenvalue weighted by atomic mass is 16.5. The molecule has 0 bridgehead atoms. The minimum absolute atomic E-state index is 0.691. The number of nitrogens with two attached hydrogens (primary N) is 1. The van der Waals surface area contributed by atoms with Gasteiger partial charge in [0.05, 0.1) is 12.7 Å². The van der Waals surface area contributed by atoms with Crippen LogP contribution in [0.3, 0.4) is 0 Å². The summed E-state index contributed by atoms with van der Waals surface area (Å²) in [5.74, 6) is 2.71. The van der Waals surface area contributed by atoms with Crippen LogP contribution in [0.25, 0.3) is 11.4 Å². The maximum Gasteiger partial charge on any atom is 0.167 e. The highest BCUT2D eigenvalue weighted by Crippen LogP contribution is 2.31. The van der Waals surface area contributed by atoms with Gasteiger partial charge in [0.1, 0.15) is 11.6 Å². The molecule has 0 radical (unpaired) electrons. The van der Waals surface area contributed by atoms with E-state index in [0.717, 1.165) is 35.9 Å². The number of anilines is 1. The maximum atomic E-state index is 5.80. The Morgan fingerprint density at radius 2 is 2.11 bits per heavy atom. The quantitative estimate of drug-likeness (QED) is 0.839. The average Bonchev–Trinajstić information content (AvgIpc) is 2.67. The Kier molecular flexibility index (Phi) is 3.11. The fourth-order valence-electron chi connectivity index (χ4n) is 2.58. The Bertz CT molecular complexity index is 591. The topological polar surface area (TPSA) is 66.0 Å². The van der Waals surface area contributed by atoms with Crippen LogP contribution in [0.5, 0.6) is 5.75 Å². The Hall–Kier alpha value is -2.04. The van der Waals surface area contributed by atoms with Crippen LogP contribution in [0, 0.1) is 0 Å². The van der Waals surface area contributed by atoms with Crippen molar-refractivity contribution in [2.45, 2.75) is 32.2 Å². The van der Waals surface area contributed by atoms with Crippen LogP contribution in [-0.4, -0.2) is 21.9 Å². The van der Waals surface area contributed by atoms with Gasteiger partial charge < -0.3 is 15.0 Å². The van der Waals surface area contributed by atoms with Crippen molar-refractivity contribution in [1.29, 1.82) is 0 Å². The van der Waals surface area contributed by atoms with Gasteiger partial charge in [-0.1, -0.05) is 6.42 Å². The second kappa shape index (κ2) is 4.91. The van der Waals surface area contributed by atoms with Gasteiger partial charge >= 0.3 is 0 Å². The highest BCUT2D eigenvalue weighted by molar-refractivity contribution is 5.68. The van der Waals surface area contributed by atoms with Crippen molar-refractivity contribution in [3.8, 4) is 17.1 Å². The van der Waals surface area contributed by atoms with E-state index in [0.29, 0.717) is 5.69 Å². The summed E-state index contributed by atoms with van der Waals surface area (Å²) in [7, 11) is 1.65. The van der Waals surface area contributed by atoms with Crippen LogP contribution in [0.2, 0.25) is 0 Å². The molecular formula is C14H18N4O. The van der Waals surface area contributed by atoms with Gasteiger partial charge in [0.25, 0.3) is 0 Å². The molecule has 5 heteroatoms. The molecule has 1 aromatic heterocycles. The predicted molar refractivity (Wildman–Crippen MR) is 74.0 cm³/mol. The number of ether oxygens (including phenoxy) is 1. The molecule has 1 aliphatic rings. The van der Waals surface area contributed by atoms with Crippen molar-refractivity contribution in [1.82, 2.24) is 14.8 Å². The Morgan fingerprint density at radius 1 is 1.21 bits per heavy atom. The molecule has 2 heterocycles.